The third-order valence-corrected chi connectivity index (χ3v) is 4.69. The molecule has 102 valence electrons. The molecule has 0 saturated carbocycles. The Kier molecular flexibility index (Phi) is 5.62. The van der Waals surface area contributed by atoms with Crippen LogP contribution in [-0.4, -0.2) is 13.1 Å². The van der Waals surface area contributed by atoms with Gasteiger partial charge in [-0.15, -0.1) is 11.3 Å². The van der Waals surface area contributed by atoms with Crippen molar-refractivity contribution in [2.75, 3.05) is 7.05 Å². The van der Waals surface area contributed by atoms with Crippen molar-refractivity contribution < 1.29 is 0 Å². The maximum absolute atomic E-state index is 3.46. The Morgan fingerprint density at radius 3 is 2.53 bits per heavy atom. The summed E-state index contributed by atoms with van der Waals surface area (Å²) < 4.78 is 0. The van der Waals surface area contributed by atoms with Gasteiger partial charge in [-0.2, -0.15) is 0 Å². The molecule has 0 aliphatic rings. The van der Waals surface area contributed by atoms with Crippen LogP contribution in [0.2, 0.25) is 0 Å². The smallest absolute Gasteiger partial charge is 0.00706 e. The van der Waals surface area contributed by atoms with Crippen LogP contribution in [-0.2, 0) is 12.8 Å². The van der Waals surface area contributed by atoms with Gasteiger partial charge in [-0.25, -0.2) is 0 Å². The van der Waals surface area contributed by atoms with Gasteiger partial charge in [0.1, 0.15) is 0 Å². The molecule has 2 aromatic rings. The molecule has 1 atom stereocenters. The predicted octanol–water partition coefficient (Wildman–Crippen LogP) is 4.21. The highest BCUT2D eigenvalue weighted by atomic mass is 32.1. The van der Waals surface area contributed by atoms with Gasteiger partial charge >= 0.3 is 0 Å². The highest BCUT2D eigenvalue weighted by Crippen LogP contribution is 2.15. The highest BCUT2D eigenvalue weighted by Gasteiger charge is 2.08. The lowest BCUT2D eigenvalue weighted by Crippen LogP contribution is -2.26. The van der Waals surface area contributed by atoms with Crippen molar-refractivity contribution in [2.24, 2.45) is 0 Å². The SMILES string of the molecule is CNC(CCc1cccs1)CCc1ccccc1C. The van der Waals surface area contributed by atoms with E-state index in [4.69, 9.17) is 0 Å². The monoisotopic (exact) mass is 273 g/mol. The Hall–Kier alpha value is -1.12. The van der Waals surface area contributed by atoms with E-state index in [0.29, 0.717) is 6.04 Å². The van der Waals surface area contributed by atoms with Gasteiger partial charge in [-0.3, -0.25) is 0 Å². The van der Waals surface area contributed by atoms with E-state index in [1.807, 2.05) is 11.3 Å². The zero-order valence-corrected chi connectivity index (χ0v) is 12.7. The van der Waals surface area contributed by atoms with Gasteiger partial charge in [-0.05, 0) is 62.2 Å². The molecule has 0 aliphatic carbocycles. The molecular weight excluding hydrogens is 250 g/mol. The van der Waals surface area contributed by atoms with E-state index in [9.17, 15) is 0 Å². The van der Waals surface area contributed by atoms with Gasteiger partial charge in [0.25, 0.3) is 0 Å². The lowest BCUT2D eigenvalue weighted by Gasteiger charge is -2.16. The molecule has 1 unspecified atom stereocenters. The van der Waals surface area contributed by atoms with Crippen molar-refractivity contribution in [3.05, 3.63) is 57.8 Å². The van der Waals surface area contributed by atoms with Crippen LogP contribution in [0.25, 0.3) is 0 Å². The zero-order chi connectivity index (χ0) is 13.5. The summed E-state index contributed by atoms with van der Waals surface area (Å²) in [5.41, 5.74) is 2.90. The summed E-state index contributed by atoms with van der Waals surface area (Å²) in [6.45, 7) is 2.20. The quantitative estimate of drug-likeness (QED) is 0.797. The Balaban J connectivity index is 1.81. The third kappa shape index (κ3) is 4.48. The van der Waals surface area contributed by atoms with E-state index in [1.165, 1.54) is 41.7 Å². The summed E-state index contributed by atoms with van der Waals surface area (Å²) >= 11 is 1.86. The topological polar surface area (TPSA) is 12.0 Å². The lowest BCUT2D eigenvalue weighted by atomic mass is 9.98. The molecular formula is C17H23NS. The number of hydrogen-bond acceptors (Lipinski definition) is 2. The Bertz CT molecular complexity index is 476. The molecule has 0 aliphatic heterocycles. The van der Waals surface area contributed by atoms with Gasteiger partial charge in [0.2, 0.25) is 0 Å². The lowest BCUT2D eigenvalue weighted by molar-refractivity contribution is 0.490. The normalized spacial score (nSPS) is 12.5. The van der Waals surface area contributed by atoms with E-state index in [2.05, 4.69) is 61.1 Å². The first-order chi connectivity index (χ1) is 9.29. The first kappa shape index (κ1) is 14.3. The molecule has 1 aromatic carbocycles. The number of nitrogens with one attached hydrogen (secondary N) is 1. The first-order valence-electron chi connectivity index (χ1n) is 7.03. The van der Waals surface area contributed by atoms with E-state index >= 15 is 0 Å². The molecule has 1 nitrogen and oxygen atoms in total. The minimum Gasteiger partial charge on any atom is -0.317 e. The van der Waals surface area contributed by atoms with Gasteiger partial charge < -0.3 is 5.32 Å². The number of thiophene rings is 1. The molecule has 2 rings (SSSR count). The number of hydrogen-bond donors (Lipinski definition) is 1. The molecule has 0 radical (unpaired) electrons. The fourth-order valence-electron chi connectivity index (χ4n) is 2.42. The van der Waals surface area contributed by atoms with Gasteiger partial charge in [0.05, 0.1) is 0 Å². The van der Waals surface area contributed by atoms with Crippen LogP contribution in [0.5, 0.6) is 0 Å². The van der Waals surface area contributed by atoms with E-state index in [1.54, 1.807) is 0 Å². The Morgan fingerprint density at radius 2 is 1.84 bits per heavy atom. The third-order valence-electron chi connectivity index (χ3n) is 3.75. The van der Waals surface area contributed by atoms with Crippen LogP contribution in [0.15, 0.2) is 41.8 Å². The standard InChI is InChI=1S/C17H23NS/c1-14-6-3-4-7-15(14)9-10-16(18-2)11-12-17-8-5-13-19-17/h3-8,13,16,18H,9-12H2,1-2H3. The van der Waals surface area contributed by atoms with Gasteiger partial charge in [0, 0.05) is 10.9 Å². The zero-order valence-electron chi connectivity index (χ0n) is 11.9. The summed E-state index contributed by atoms with van der Waals surface area (Å²) in [5, 5.41) is 5.62. The molecule has 1 aromatic heterocycles. The summed E-state index contributed by atoms with van der Waals surface area (Å²) in [7, 11) is 2.08. The van der Waals surface area contributed by atoms with E-state index in [0.717, 1.165) is 0 Å². The predicted molar refractivity (Wildman–Crippen MR) is 85.0 cm³/mol. The van der Waals surface area contributed by atoms with Crippen molar-refractivity contribution in [3.8, 4) is 0 Å². The van der Waals surface area contributed by atoms with Gasteiger partial charge in [0.15, 0.2) is 0 Å². The van der Waals surface area contributed by atoms with Crippen LogP contribution in [0, 0.1) is 6.92 Å². The molecule has 0 saturated heterocycles. The Labute approximate surface area is 120 Å². The average Bonchev–Trinajstić information content (AvgIpc) is 2.94. The second kappa shape index (κ2) is 7.46. The minimum atomic E-state index is 0.613. The maximum Gasteiger partial charge on any atom is 0.00706 e. The summed E-state index contributed by atoms with van der Waals surface area (Å²) in [6.07, 6.45) is 4.80. The molecule has 0 spiro atoms. The van der Waals surface area contributed by atoms with Crippen LogP contribution < -0.4 is 5.32 Å². The molecule has 0 amide bonds. The van der Waals surface area contributed by atoms with Crippen molar-refractivity contribution in [3.63, 3.8) is 0 Å². The fourth-order valence-corrected chi connectivity index (χ4v) is 3.15. The largest absolute Gasteiger partial charge is 0.317 e. The Morgan fingerprint density at radius 1 is 1.05 bits per heavy atom. The molecule has 1 N–H and O–H groups in total. The molecule has 0 fully saturated rings. The molecule has 2 heteroatoms. The van der Waals surface area contributed by atoms with E-state index < -0.39 is 0 Å². The summed E-state index contributed by atoms with van der Waals surface area (Å²) in [4.78, 5) is 1.50. The number of aryl methyl sites for hydroxylation is 3. The van der Waals surface area contributed by atoms with Crippen molar-refractivity contribution >= 4 is 11.3 Å². The first-order valence-corrected chi connectivity index (χ1v) is 7.91. The van der Waals surface area contributed by atoms with Gasteiger partial charge in [-0.1, -0.05) is 30.3 Å². The minimum absolute atomic E-state index is 0.613. The molecule has 1 heterocycles. The fraction of sp³-hybridized carbons (Fsp3) is 0.412. The average molecular weight is 273 g/mol. The molecule has 0 bridgehead atoms. The highest BCUT2D eigenvalue weighted by molar-refractivity contribution is 7.09. The van der Waals surface area contributed by atoms with Crippen LogP contribution in [0.1, 0.15) is 28.8 Å². The van der Waals surface area contributed by atoms with Crippen LogP contribution in [0.3, 0.4) is 0 Å². The maximum atomic E-state index is 3.46. The second-order valence-corrected chi connectivity index (χ2v) is 6.10. The van der Waals surface area contributed by atoms with E-state index in [-0.39, 0.29) is 0 Å². The van der Waals surface area contributed by atoms with Crippen molar-refractivity contribution in [1.82, 2.24) is 5.32 Å². The van der Waals surface area contributed by atoms with Crippen molar-refractivity contribution in [2.45, 2.75) is 38.6 Å². The summed E-state index contributed by atoms with van der Waals surface area (Å²) in [5.74, 6) is 0. The summed E-state index contributed by atoms with van der Waals surface area (Å²) in [6, 6.07) is 13.7. The van der Waals surface area contributed by atoms with Crippen LogP contribution in [0.4, 0.5) is 0 Å². The van der Waals surface area contributed by atoms with Crippen molar-refractivity contribution in [1.29, 1.82) is 0 Å². The number of rotatable bonds is 7. The number of benzene rings is 1. The van der Waals surface area contributed by atoms with Crippen LogP contribution >= 0.6 is 11.3 Å². The molecule has 19 heavy (non-hydrogen) atoms. The second-order valence-electron chi connectivity index (χ2n) is 5.07.